The van der Waals surface area contributed by atoms with Gasteiger partial charge in [-0.2, -0.15) is 8.42 Å². The maximum Gasteiger partial charge on any atom is 0.266 e. The molecule has 0 heterocycles. The van der Waals surface area contributed by atoms with E-state index in [4.69, 9.17) is 4.55 Å². The Kier molecular flexibility index (Phi) is 10.8. The zero-order valence-corrected chi connectivity index (χ0v) is 10.5. The summed E-state index contributed by atoms with van der Waals surface area (Å²) in [7, 11) is -3.77. The van der Waals surface area contributed by atoms with E-state index in [0.29, 0.717) is 6.54 Å². The van der Waals surface area contributed by atoms with Crippen molar-refractivity contribution >= 4 is 39.7 Å². The molecule has 0 aliphatic heterocycles. The Hall–Kier alpha value is 0.870. The fraction of sp³-hybridized carbons (Fsp3) is 1.00. The van der Waals surface area contributed by atoms with Crippen molar-refractivity contribution in [3.63, 3.8) is 0 Å². The van der Waals surface area contributed by atoms with Crippen molar-refractivity contribution in [1.29, 1.82) is 0 Å². The van der Waals surface area contributed by atoms with E-state index >= 15 is 0 Å². The third-order valence-corrected chi connectivity index (χ3v) is 1.96. The summed E-state index contributed by atoms with van der Waals surface area (Å²) in [4.78, 5) is 0. The number of unbranched alkanes of at least 4 members (excludes halogenated alkanes) is 1. The summed E-state index contributed by atoms with van der Waals surface area (Å²) in [6.45, 7) is 3.20. The Morgan fingerprint density at radius 2 is 1.92 bits per heavy atom. The molecule has 4 nitrogen and oxygen atoms in total. The standard InChI is InChI=1S/C6H15NO3S.Na/c1-2-3-4-7-5-6-11(8,9)10;/h7H,2-6H2,1H3,(H,8,9,10);. The number of rotatable bonds is 6. The molecule has 0 aromatic heterocycles. The van der Waals surface area contributed by atoms with E-state index in [1.54, 1.807) is 0 Å². The molecule has 0 saturated carbocycles. The maximum atomic E-state index is 10.2. The maximum absolute atomic E-state index is 10.2. The SMILES string of the molecule is CCCCNCCS(=O)(=O)O.[Na]. The summed E-state index contributed by atoms with van der Waals surface area (Å²) in [5.74, 6) is -0.198. The molecule has 0 spiro atoms. The van der Waals surface area contributed by atoms with Gasteiger partial charge in [0.05, 0.1) is 5.75 Å². The Balaban J connectivity index is 0. The van der Waals surface area contributed by atoms with Gasteiger partial charge in [-0.1, -0.05) is 13.3 Å². The third-order valence-electron chi connectivity index (χ3n) is 1.24. The number of hydrogen-bond donors (Lipinski definition) is 2. The fourth-order valence-electron chi connectivity index (χ4n) is 0.628. The van der Waals surface area contributed by atoms with Gasteiger partial charge in [-0.05, 0) is 13.0 Å². The van der Waals surface area contributed by atoms with Crippen LogP contribution in [0.5, 0.6) is 0 Å². The first-order valence-electron chi connectivity index (χ1n) is 3.72. The predicted octanol–water partition coefficient (Wildman–Crippen LogP) is -0.117. The Bertz CT molecular complexity index is 181. The zero-order valence-electron chi connectivity index (χ0n) is 7.71. The molecular weight excluding hydrogens is 189 g/mol. The Labute approximate surface area is 96.2 Å². The number of hydrogen-bond acceptors (Lipinski definition) is 3. The van der Waals surface area contributed by atoms with Gasteiger partial charge in [0.1, 0.15) is 0 Å². The first-order chi connectivity index (χ1) is 5.06. The van der Waals surface area contributed by atoms with Gasteiger partial charge in [-0.25, -0.2) is 0 Å². The second-order valence-corrected chi connectivity index (χ2v) is 3.96. The van der Waals surface area contributed by atoms with E-state index in [0.717, 1.165) is 19.4 Å². The van der Waals surface area contributed by atoms with Crippen molar-refractivity contribution in [1.82, 2.24) is 5.32 Å². The average Bonchev–Trinajstić information content (AvgIpc) is 1.85. The van der Waals surface area contributed by atoms with Crippen molar-refractivity contribution in [3.8, 4) is 0 Å². The van der Waals surface area contributed by atoms with Crippen LogP contribution in [0.4, 0.5) is 0 Å². The molecule has 1 radical (unpaired) electrons. The monoisotopic (exact) mass is 204 g/mol. The van der Waals surface area contributed by atoms with Gasteiger partial charge in [0, 0.05) is 36.1 Å². The molecule has 0 fully saturated rings. The molecule has 2 N–H and O–H groups in total. The second-order valence-electron chi connectivity index (χ2n) is 2.39. The first kappa shape index (κ1) is 15.3. The first-order valence-corrected chi connectivity index (χ1v) is 5.33. The summed E-state index contributed by atoms with van der Waals surface area (Å²) in [5, 5.41) is 2.90. The molecule has 0 unspecified atom stereocenters. The quantitative estimate of drug-likeness (QED) is 0.360. The molecule has 69 valence electrons. The fourth-order valence-corrected chi connectivity index (χ4v) is 1.03. The molecule has 0 saturated heterocycles. The third kappa shape index (κ3) is 13.5. The Morgan fingerprint density at radius 1 is 1.33 bits per heavy atom. The average molecular weight is 204 g/mol. The summed E-state index contributed by atoms with van der Waals surface area (Å²) >= 11 is 0. The van der Waals surface area contributed by atoms with Crippen LogP contribution in [-0.4, -0.2) is 61.4 Å². The summed E-state index contributed by atoms with van der Waals surface area (Å²) < 4.78 is 28.7. The molecule has 0 aliphatic rings. The van der Waals surface area contributed by atoms with Crippen LogP contribution < -0.4 is 5.32 Å². The van der Waals surface area contributed by atoms with Gasteiger partial charge in [-0.3, -0.25) is 4.55 Å². The van der Waals surface area contributed by atoms with Crippen LogP contribution in [0.2, 0.25) is 0 Å². The molecule has 0 atom stereocenters. The minimum absolute atomic E-state index is 0. The number of nitrogens with one attached hydrogen (secondary N) is 1. The van der Waals surface area contributed by atoms with Gasteiger partial charge in [0.2, 0.25) is 0 Å². The van der Waals surface area contributed by atoms with Gasteiger partial charge >= 0.3 is 0 Å². The van der Waals surface area contributed by atoms with Crippen LogP contribution in [0.1, 0.15) is 19.8 Å². The normalized spacial score (nSPS) is 10.8. The van der Waals surface area contributed by atoms with Crippen LogP contribution in [0, 0.1) is 0 Å². The van der Waals surface area contributed by atoms with E-state index in [2.05, 4.69) is 12.2 Å². The van der Waals surface area contributed by atoms with E-state index < -0.39 is 10.1 Å². The molecule has 0 aromatic carbocycles. The van der Waals surface area contributed by atoms with E-state index in [9.17, 15) is 8.42 Å². The molecule has 0 bridgehead atoms. The largest absolute Gasteiger partial charge is 0.316 e. The van der Waals surface area contributed by atoms with Crippen molar-refractivity contribution in [3.05, 3.63) is 0 Å². The molecule has 6 heteroatoms. The van der Waals surface area contributed by atoms with Crippen LogP contribution in [0.3, 0.4) is 0 Å². The smallest absolute Gasteiger partial charge is 0.266 e. The van der Waals surface area contributed by atoms with Crippen molar-refractivity contribution in [2.24, 2.45) is 0 Å². The van der Waals surface area contributed by atoms with Crippen molar-refractivity contribution in [2.75, 3.05) is 18.8 Å². The van der Waals surface area contributed by atoms with E-state index in [1.807, 2.05) is 0 Å². The summed E-state index contributed by atoms with van der Waals surface area (Å²) in [5.41, 5.74) is 0. The second kappa shape index (κ2) is 8.47. The molecule has 0 aromatic rings. The topological polar surface area (TPSA) is 66.4 Å². The zero-order chi connectivity index (χ0) is 8.74. The summed E-state index contributed by atoms with van der Waals surface area (Å²) in [6.07, 6.45) is 2.12. The molecule has 0 aliphatic carbocycles. The Morgan fingerprint density at radius 3 is 2.33 bits per heavy atom. The van der Waals surface area contributed by atoms with Gasteiger partial charge in [-0.15, -0.1) is 0 Å². The van der Waals surface area contributed by atoms with Gasteiger partial charge in [0.15, 0.2) is 0 Å². The van der Waals surface area contributed by atoms with Crippen LogP contribution >= 0.6 is 0 Å². The molecule has 12 heavy (non-hydrogen) atoms. The van der Waals surface area contributed by atoms with Crippen molar-refractivity contribution in [2.45, 2.75) is 19.8 Å². The van der Waals surface area contributed by atoms with Crippen LogP contribution in [-0.2, 0) is 10.1 Å². The molecule has 0 rings (SSSR count). The minimum atomic E-state index is -3.77. The van der Waals surface area contributed by atoms with Crippen LogP contribution in [0.15, 0.2) is 0 Å². The van der Waals surface area contributed by atoms with Gasteiger partial charge < -0.3 is 5.32 Å². The van der Waals surface area contributed by atoms with E-state index in [-0.39, 0.29) is 35.3 Å². The molecular formula is C6H15NNaO3S. The summed E-state index contributed by atoms with van der Waals surface area (Å²) in [6, 6.07) is 0. The predicted molar refractivity (Wildman–Crippen MR) is 49.9 cm³/mol. The minimum Gasteiger partial charge on any atom is -0.316 e. The van der Waals surface area contributed by atoms with Crippen LogP contribution in [0.25, 0.3) is 0 Å². The van der Waals surface area contributed by atoms with Gasteiger partial charge in [0.25, 0.3) is 10.1 Å². The molecule has 0 amide bonds. The van der Waals surface area contributed by atoms with E-state index in [1.165, 1.54) is 0 Å². The van der Waals surface area contributed by atoms with Crippen molar-refractivity contribution < 1.29 is 13.0 Å².